The summed E-state index contributed by atoms with van der Waals surface area (Å²) in [5.74, 6) is 0. The number of hydrogen-bond donors (Lipinski definition) is 0. The van der Waals surface area contributed by atoms with Crippen molar-refractivity contribution in [3.05, 3.63) is 437 Å². The molecule has 0 atom stereocenters. The Morgan fingerprint density at radius 3 is 1.00 bits per heavy atom. The lowest BCUT2D eigenvalue weighted by Crippen LogP contribution is -2.24. The molecule has 0 saturated heterocycles. The van der Waals surface area contributed by atoms with Crippen LogP contribution in [0, 0.1) is 0 Å². The van der Waals surface area contributed by atoms with Gasteiger partial charge in [0.15, 0.2) is 14.3 Å². The van der Waals surface area contributed by atoms with Gasteiger partial charge < -0.3 is 9.13 Å². The van der Waals surface area contributed by atoms with Crippen molar-refractivity contribution >= 4 is 208 Å². The Kier molecular flexibility index (Phi) is 18.5. The summed E-state index contributed by atoms with van der Waals surface area (Å²) < 4.78 is 32.5. The molecular weight excluding hydrogens is 1580 g/mol. The first kappa shape index (κ1) is 74.7. The molecule has 0 fully saturated rings. The van der Waals surface area contributed by atoms with Gasteiger partial charge in [-0.25, -0.2) is 15.0 Å². The van der Waals surface area contributed by atoms with Gasteiger partial charge in [-0.15, -0.1) is 11.3 Å². The lowest BCUT2D eigenvalue weighted by molar-refractivity contribution is 0.591. The van der Waals surface area contributed by atoms with Gasteiger partial charge in [-0.1, -0.05) is 358 Å². The quantitative estimate of drug-likeness (QED) is 0.0983. The second kappa shape index (κ2) is 31.0. The monoisotopic (exact) mass is 1650 g/mol. The van der Waals surface area contributed by atoms with E-state index in [1.165, 1.54) is 79.8 Å². The van der Waals surface area contributed by atoms with Gasteiger partial charge in [-0.2, -0.15) is 0 Å². The molecule has 0 aliphatic heterocycles. The zero-order valence-electron chi connectivity index (χ0n) is 67.4. The minimum Gasteiger partial charge on any atom is -0.309 e. The van der Waals surface area contributed by atoms with Crippen LogP contribution in [0.5, 0.6) is 0 Å². The van der Waals surface area contributed by atoms with Gasteiger partial charge in [-0.3, -0.25) is 15.0 Å². The lowest BCUT2D eigenvalue weighted by Gasteiger charge is -2.20. The Labute approximate surface area is 723 Å². The molecule has 586 valence electrons. The first-order valence-electron chi connectivity index (χ1n) is 41.9. The van der Waals surface area contributed by atoms with Crippen LogP contribution in [0.3, 0.4) is 0 Å². The van der Waals surface area contributed by atoms with Crippen LogP contribution in [0.25, 0.3) is 195 Å². The van der Waals surface area contributed by atoms with Gasteiger partial charge in [0.05, 0.1) is 50.2 Å². The summed E-state index contributed by atoms with van der Waals surface area (Å²) in [6.07, 6.45) is 5.66. The van der Waals surface area contributed by atoms with E-state index in [-0.39, 0.29) is 0 Å². The Bertz CT molecular complexity index is 8300. The normalized spacial score (nSPS) is 11.9. The molecule has 0 unspecified atom stereocenters. The highest BCUT2D eigenvalue weighted by molar-refractivity contribution is 7.85. The van der Waals surface area contributed by atoms with E-state index in [4.69, 9.17) is 19.9 Å². The maximum absolute atomic E-state index is 14.9. The first-order valence-corrected chi connectivity index (χ1v) is 46.1. The van der Waals surface area contributed by atoms with Crippen molar-refractivity contribution < 1.29 is 9.13 Å². The number of pyridine rings is 6. The summed E-state index contributed by atoms with van der Waals surface area (Å²) >= 11 is 1.87. The van der Waals surface area contributed by atoms with Crippen LogP contribution < -0.4 is 31.8 Å². The van der Waals surface area contributed by atoms with Crippen molar-refractivity contribution in [3.63, 3.8) is 0 Å². The number of aromatic nitrogens is 6. The van der Waals surface area contributed by atoms with E-state index in [2.05, 4.69) is 259 Å². The van der Waals surface area contributed by atoms with E-state index < -0.39 is 14.3 Å². The largest absolute Gasteiger partial charge is 0.309 e. The first-order chi connectivity index (χ1) is 61.8. The molecule has 25 rings (SSSR count). The van der Waals surface area contributed by atoms with Crippen LogP contribution in [0.15, 0.2) is 437 Å². The van der Waals surface area contributed by atoms with Crippen LogP contribution in [-0.2, 0) is 9.13 Å². The van der Waals surface area contributed by atoms with Gasteiger partial charge >= 0.3 is 0 Å². The van der Waals surface area contributed by atoms with Gasteiger partial charge in [0.1, 0.15) is 0 Å². The molecule has 125 heavy (non-hydrogen) atoms. The third-order valence-electron chi connectivity index (χ3n) is 24.6. The van der Waals surface area contributed by atoms with Crippen molar-refractivity contribution in [1.82, 2.24) is 29.9 Å². The van der Waals surface area contributed by atoms with Crippen molar-refractivity contribution in [2.24, 2.45) is 0 Å². The fourth-order valence-electron chi connectivity index (χ4n) is 18.8. The average Bonchev–Trinajstić information content (AvgIpc) is 1.42. The predicted octanol–water partition coefficient (Wildman–Crippen LogP) is 27.6. The SMILES string of the molecule is O=P(c1ccccc1)(c1ccccc1)c1ccc(-c2nc3ccccc3c3c2ccc2ccc4ncccc4c23)cc1.O=P(c1ccccc1)(c1ccccc1)c1ccc(-c2nc3ccccc3c3c2ccc2ncc4ccccc4c23)cc1.c1ccc2c(c1)nc(-c1ccc(-c3cccc4c3sc3ccccc34)cc1)c1ccc3ccc4ncccc4c3c12. The van der Waals surface area contributed by atoms with Crippen LogP contribution >= 0.6 is 25.6 Å². The van der Waals surface area contributed by atoms with E-state index in [1.807, 2.05) is 200 Å². The molecule has 0 radical (unpaired) electrons. The topological polar surface area (TPSA) is 111 Å². The number of hydrogen-bond acceptors (Lipinski definition) is 9. The Hall–Kier alpha value is -15.3. The smallest absolute Gasteiger partial charge is 0.171 e. The molecule has 0 amide bonds. The predicted molar refractivity (Wildman–Crippen MR) is 530 cm³/mol. The van der Waals surface area contributed by atoms with E-state index in [0.29, 0.717) is 0 Å². The third kappa shape index (κ3) is 12.7. The molecule has 0 aliphatic carbocycles. The standard InChI is InChI=1S/2C38H25N2OP.C38H22N2S/c41-42(28-12-3-1-4-13-28,29-14-5-2-6-15-29)30-21-19-26(20-22-30)38-33-23-24-35-37(31-16-8-7-11-27(31)25-39-35)36(33)32-17-9-10-18-34(32)40-38;41-42(28-10-3-1-4-11-28,29-12-5-2-6-13-29)30-21-17-27(18-22-30)38-33-23-19-26-20-24-34-31(15-9-25-39-34)36(26)37(33)32-14-7-8-16-35(32)40-38;1-3-12-33-30(8-1)36-31(20-18-24-19-21-32-29(35(24)36)11-6-22-39-32)37(40-33)25-16-14-23(15-17-25)26-9-5-10-28-27-7-2-4-13-34(27)41-38(26)28/h2*1-25H;1-22H. The molecule has 25 aromatic rings. The summed E-state index contributed by atoms with van der Waals surface area (Å²) in [5, 5.41) is 28.4. The summed E-state index contributed by atoms with van der Waals surface area (Å²) in [7, 11) is -6.13. The van der Waals surface area contributed by atoms with Crippen LogP contribution in [0.2, 0.25) is 0 Å². The fraction of sp³-hybridized carbons (Fsp3) is 0. The number of rotatable bonds is 10. The molecule has 11 heteroatoms. The summed E-state index contributed by atoms with van der Waals surface area (Å²) in [6.45, 7) is 0. The number of nitrogens with zero attached hydrogens (tertiary/aromatic N) is 6. The van der Waals surface area contributed by atoms with Gasteiger partial charge in [-0.05, 0) is 98.7 Å². The van der Waals surface area contributed by atoms with Gasteiger partial charge in [0.25, 0.3) is 0 Å². The second-order valence-electron chi connectivity index (χ2n) is 31.6. The Morgan fingerprint density at radius 2 is 0.536 bits per heavy atom. The van der Waals surface area contributed by atoms with Crippen molar-refractivity contribution in [2.45, 2.75) is 0 Å². The fourth-order valence-corrected chi connectivity index (χ4v) is 25.3. The minimum absolute atomic E-state index is 0.800. The molecule has 18 aromatic carbocycles. The number of benzene rings is 18. The minimum atomic E-state index is -3.06. The number of para-hydroxylation sites is 3. The van der Waals surface area contributed by atoms with Crippen LogP contribution in [0.1, 0.15) is 0 Å². The average molecular weight is 1650 g/mol. The highest BCUT2D eigenvalue weighted by Crippen LogP contribution is 2.49. The molecule has 8 nitrogen and oxygen atoms in total. The Balaban J connectivity index is 0.000000108. The van der Waals surface area contributed by atoms with E-state index >= 15 is 0 Å². The molecule has 0 aliphatic rings. The summed E-state index contributed by atoms with van der Waals surface area (Å²) in [4.78, 5) is 29.7. The summed E-state index contributed by atoms with van der Waals surface area (Å²) in [6, 6.07) is 143. The lowest BCUT2D eigenvalue weighted by atomic mass is 9.92. The third-order valence-corrected chi connectivity index (χ3v) is 32.0. The maximum atomic E-state index is 14.9. The van der Waals surface area contributed by atoms with Crippen molar-refractivity contribution in [1.29, 1.82) is 0 Å². The van der Waals surface area contributed by atoms with E-state index in [9.17, 15) is 9.13 Å². The maximum Gasteiger partial charge on any atom is 0.171 e. The highest BCUT2D eigenvalue weighted by atomic mass is 32.1. The number of fused-ring (bicyclic) bond motifs is 24. The Morgan fingerprint density at radius 1 is 0.200 bits per heavy atom. The van der Waals surface area contributed by atoms with Gasteiger partial charge in [0.2, 0.25) is 0 Å². The zero-order valence-corrected chi connectivity index (χ0v) is 70.0. The molecule has 0 N–H and O–H groups in total. The van der Waals surface area contributed by atoms with E-state index in [0.717, 1.165) is 147 Å². The second-order valence-corrected chi connectivity index (χ2v) is 38.2. The highest BCUT2D eigenvalue weighted by Gasteiger charge is 2.32. The van der Waals surface area contributed by atoms with Gasteiger partial charge in [0, 0.05) is 157 Å². The zero-order chi connectivity index (χ0) is 83.1. The molecule has 0 saturated carbocycles. The van der Waals surface area contributed by atoms with Crippen molar-refractivity contribution in [2.75, 3.05) is 0 Å². The molecule has 7 heterocycles. The van der Waals surface area contributed by atoms with Crippen LogP contribution in [-0.4, -0.2) is 29.9 Å². The molecule has 7 aromatic heterocycles. The number of thiophene rings is 1. The molecule has 0 spiro atoms. The van der Waals surface area contributed by atoms with E-state index in [1.54, 1.807) is 0 Å². The summed E-state index contributed by atoms with van der Waals surface area (Å²) in [5.41, 5.74) is 14.2. The molecular formula is C114H72N6O2P2S. The molecule has 0 bridgehead atoms. The van der Waals surface area contributed by atoms with Crippen molar-refractivity contribution in [3.8, 4) is 44.9 Å². The van der Waals surface area contributed by atoms with Crippen LogP contribution in [0.4, 0.5) is 0 Å².